The third-order valence-corrected chi connectivity index (χ3v) is 5.20. The smallest absolute Gasteiger partial charge is 0.141 e. The third-order valence-electron chi connectivity index (χ3n) is 5.20. The van der Waals surface area contributed by atoms with Crippen LogP contribution in [0.25, 0.3) is 22.4 Å². The van der Waals surface area contributed by atoms with Crippen molar-refractivity contribution in [3.05, 3.63) is 88.5 Å². The molecule has 2 nitrogen and oxygen atoms in total. The zero-order valence-corrected chi connectivity index (χ0v) is 15.9. The molecule has 0 N–H and O–H groups in total. The van der Waals surface area contributed by atoms with E-state index < -0.39 is 0 Å². The van der Waals surface area contributed by atoms with E-state index >= 15 is 0 Å². The normalized spacial score (nSPS) is 11.2. The molecule has 4 rings (SSSR count). The highest BCUT2D eigenvalue weighted by atomic mass is 15.1. The van der Waals surface area contributed by atoms with Crippen LogP contribution in [-0.4, -0.2) is 9.55 Å². The van der Waals surface area contributed by atoms with Gasteiger partial charge in [0, 0.05) is 5.56 Å². The Morgan fingerprint density at radius 2 is 1.42 bits per heavy atom. The van der Waals surface area contributed by atoms with Crippen LogP contribution in [0.1, 0.15) is 27.8 Å². The van der Waals surface area contributed by atoms with E-state index in [2.05, 4.69) is 92.9 Å². The van der Waals surface area contributed by atoms with Gasteiger partial charge in [0.05, 0.1) is 17.6 Å². The number of aryl methyl sites for hydroxylation is 4. The number of imidazole rings is 1. The van der Waals surface area contributed by atoms with Gasteiger partial charge in [0.1, 0.15) is 5.82 Å². The maximum absolute atomic E-state index is 4.98. The molecule has 130 valence electrons. The van der Waals surface area contributed by atoms with Crippen molar-refractivity contribution in [2.24, 2.45) is 0 Å². The molecule has 1 aromatic heterocycles. The van der Waals surface area contributed by atoms with Gasteiger partial charge < -0.3 is 4.57 Å². The fraction of sp³-hybridized carbons (Fsp3) is 0.208. The predicted molar refractivity (Wildman–Crippen MR) is 110 cm³/mol. The van der Waals surface area contributed by atoms with E-state index in [1.54, 1.807) is 0 Å². The van der Waals surface area contributed by atoms with Crippen LogP contribution < -0.4 is 0 Å². The molecular weight excluding hydrogens is 316 g/mol. The summed E-state index contributed by atoms with van der Waals surface area (Å²) in [6.07, 6.45) is 0. The average molecular weight is 340 g/mol. The first kappa shape index (κ1) is 16.6. The number of nitrogens with zero attached hydrogens (tertiary/aromatic N) is 2. The SMILES string of the molecule is Cc1cc(C)c(Cn2c(-c3ccccc3C)nc3ccccc32)c(C)c1. The Bertz CT molecular complexity index is 1080. The fourth-order valence-electron chi connectivity index (χ4n) is 3.88. The number of fused-ring (bicyclic) bond motifs is 1. The molecule has 26 heavy (non-hydrogen) atoms. The Morgan fingerprint density at radius 1 is 0.769 bits per heavy atom. The van der Waals surface area contributed by atoms with Crippen LogP contribution in [0.15, 0.2) is 60.7 Å². The van der Waals surface area contributed by atoms with E-state index in [9.17, 15) is 0 Å². The van der Waals surface area contributed by atoms with Crippen LogP contribution in [0.5, 0.6) is 0 Å². The molecule has 4 aromatic rings. The summed E-state index contributed by atoms with van der Waals surface area (Å²) >= 11 is 0. The first-order valence-corrected chi connectivity index (χ1v) is 9.12. The van der Waals surface area contributed by atoms with Gasteiger partial charge in [-0.2, -0.15) is 0 Å². The summed E-state index contributed by atoms with van der Waals surface area (Å²) in [4.78, 5) is 4.98. The van der Waals surface area contributed by atoms with Crippen LogP contribution in [-0.2, 0) is 6.54 Å². The van der Waals surface area contributed by atoms with Gasteiger partial charge in [-0.25, -0.2) is 4.98 Å². The van der Waals surface area contributed by atoms with Crippen LogP contribution >= 0.6 is 0 Å². The number of rotatable bonds is 3. The first-order valence-electron chi connectivity index (χ1n) is 9.12. The molecule has 0 atom stereocenters. The van der Waals surface area contributed by atoms with Crippen molar-refractivity contribution < 1.29 is 0 Å². The largest absolute Gasteiger partial charge is 0.319 e. The summed E-state index contributed by atoms with van der Waals surface area (Å²) in [5.41, 5.74) is 10.1. The topological polar surface area (TPSA) is 17.8 Å². The molecular formula is C24H24N2. The maximum Gasteiger partial charge on any atom is 0.141 e. The monoisotopic (exact) mass is 340 g/mol. The lowest BCUT2D eigenvalue weighted by Gasteiger charge is -2.16. The molecule has 1 heterocycles. The second kappa shape index (κ2) is 6.45. The van der Waals surface area contributed by atoms with Crippen molar-refractivity contribution in [2.75, 3.05) is 0 Å². The Labute approximate surface area is 155 Å². The minimum atomic E-state index is 0.835. The van der Waals surface area contributed by atoms with Gasteiger partial charge in [-0.3, -0.25) is 0 Å². The molecule has 0 unspecified atom stereocenters. The summed E-state index contributed by atoms with van der Waals surface area (Å²) in [6, 6.07) is 21.5. The zero-order chi connectivity index (χ0) is 18.3. The van der Waals surface area contributed by atoms with Crippen molar-refractivity contribution in [2.45, 2.75) is 34.2 Å². The summed E-state index contributed by atoms with van der Waals surface area (Å²) in [5, 5.41) is 0. The Kier molecular flexibility index (Phi) is 4.12. The van der Waals surface area contributed by atoms with Gasteiger partial charge in [0.15, 0.2) is 0 Å². The molecule has 0 amide bonds. The van der Waals surface area contributed by atoms with E-state index in [1.807, 2.05) is 0 Å². The lowest BCUT2D eigenvalue weighted by atomic mass is 9.99. The number of hydrogen-bond donors (Lipinski definition) is 0. The summed E-state index contributed by atoms with van der Waals surface area (Å²) < 4.78 is 2.36. The number of hydrogen-bond acceptors (Lipinski definition) is 1. The number of benzene rings is 3. The average Bonchev–Trinajstić information content (AvgIpc) is 2.97. The standard InChI is InChI=1S/C24H24N2/c1-16-13-18(3)21(19(4)14-16)15-26-23-12-8-7-11-22(23)25-24(26)20-10-6-5-9-17(20)2/h5-14H,15H2,1-4H3. The molecule has 0 spiro atoms. The van der Waals surface area contributed by atoms with Crippen molar-refractivity contribution in [3.8, 4) is 11.4 Å². The van der Waals surface area contributed by atoms with E-state index in [4.69, 9.17) is 4.98 Å². The van der Waals surface area contributed by atoms with Gasteiger partial charge in [0.2, 0.25) is 0 Å². The summed E-state index contributed by atoms with van der Waals surface area (Å²) in [6.45, 7) is 9.57. The molecule has 0 fully saturated rings. The molecule has 2 heteroatoms. The minimum Gasteiger partial charge on any atom is -0.319 e. The lowest BCUT2D eigenvalue weighted by Crippen LogP contribution is -2.06. The highest BCUT2D eigenvalue weighted by Gasteiger charge is 2.16. The van der Waals surface area contributed by atoms with E-state index in [1.165, 1.54) is 38.9 Å². The lowest BCUT2D eigenvalue weighted by molar-refractivity contribution is 0.820. The number of aromatic nitrogens is 2. The van der Waals surface area contributed by atoms with Crippen molar-refractivity contribution in [1.29, 1.82) is 0 Å². The fourth-order valence-corrected chi connectivity index (χ4v) is 3.88. The second-order valence-electron chi connectivity index (χ2n) is 7.20. The highest BCUT2D eigenvalue weighted by Crippen LogP contribution is 2.29. The summed E-state index contributed by atoms with van der Waals surface area (Å²) in [7, 11) is 0. The van der Waals surface area contributed by atoms with E-state index in [0.717, 1.165) is 17.9 Å². The number of para-hydroxylation sites is 2. The Balaban J connectivity index is 1.95. The first-order chi connectivity index (χ1) is 12.5. The van der Waals surface area contributed by atoms with Crippen molar-refractivity contribution >= 4 is 11.0 Å². The molecule has 3 aromatic carbocycles. The molecule has 0 saturated carbocycles. The summed E-state index contributed by atoms with van der Waals surface area (Å²) in [5.74, 6) is 1.05. The van der Waals surface area contributed by atoms with Gasteiger partial charge in [-0.1, -0.05) is 54.1 Å². The van der Waals surface area contributed by atoms with Gasteiger partial charge in [-0.05, 0) is 62.1 Å². The maximum atomic E-state index is 4.98. The van der Waals surface area contributed by atoms with Crippen molar-refractivity contribution in [1.82, 2.24) is 9.55 Å². The Morgan fingerprint density at radius 3 is 2.15 bits per heavy atom. The molecule has 0 radical (unpaired) electrons. The zero-order valence-electron chi connectivity index (χ0n) is 15.9. The Hall–Kier alpha value is -2.87. The molecule has 0 saturated heterocycles. The van der Waals surface area contributed by atoms with Gasteiger partial charge in [0.25, 0.3) is 0 Å². The van der Waals surface area contributed by atoms with Crippen LogP contribution in [0.4, 0.5) is 0 Å². The van der Waals surface area contributed by atoms with E-state index in [0.29, 0.717) is 0 Å². The van der Waals surface area contributed by atoms with Crippen LogP contribution in [0.2, 0.25) is 0 Å². The van der Waals surface area contributed by atoms with Crippen molar-refractivity contribution in [3.63, 3.8) is 0 Å². The van der Waals surface area contributed by atoms with Gasteiger partial charge >= 0.3 is 0 Å². The third kappa shape index (κ3) is 2.82. The minimum absolute atomic E-state index is 0.835. The van der Waals surface area contributed by atoms with Gasteiger partial charge in [-0.15, -0.1) is 0 Å². The molecule has 0 aliphatic carbocycles. The second-order valence-corrected chi connectivity index (χ2v) is 7.20. The highest BCUT2D eigenvalue weighted by molar-refractivity contribution is 5.81. The van der Waals surface area contributed by atoms with Crippen LogP contribution in [0.3, 0.4) is 0 Å². The predicted octanol–water partition coefficient (Wildman–Crippen LogP) is 5.99. The molecule has 0 bridgehead atoms. The molecule has 0 aliphatic rings. The van der Waals surface area contributed by atoms with E-state index in [-0.39, 0.29) is 0 Å². The van der Waals surface area contributed by atoms with Crippen LogP contribution in [0, 0.1) is 27.7 Å². The molecule has 0 aliphatic heterocycles. The quantitative estimate of drug-likeness (QED) is 0.448.